The van der Waals surface area contributed by atoms with Crippen molar-refractivity contribution in [2.24, 2.45) is 5.73 Å². The number of nitrogens with zero attached hydrogens (tertiary/aromatic N) is 4. The Bertz CT molecular complexity index is 613. The Labute approximate surface area is 111 Å². The van der Waals surface area contributed by atoms with Gasteiger partial charge in [0.1, 0.15) is 0 Å². The summed E-state index contributed by atoms with van der Waals surface area (Å²) in [4.78, 5) is 10.4. The third-order valence-corrected chi connectivity index (χ3v) is 2.69. The van der Waals surface area contributed by atoms with Crippen molar-refractivity contribution < 1.29 is 4.92 Å². The normalized spacial score (nSPS) is 10.6. The van der Waals surface area contributed by atoms with E-state index in [1.54, 1.807) is 0 Å². The second kappa shape index (κ2) is 4.89. The summed E-state index contributed by atoms with van der Waals surface area (Å²) < 4.78 is 1.21. The Kier molecular flexibility index (Phi) is 3.46. The fourth-order valence-electron chi connectivity index (χ4n) is 1.42. The highest BCUT2D eigenvalue weighted by atomic mass is 35.5. The lowest BCUT2D eigenvalue weighted by Gasteiger charge is -2.05. The van der Waals surface area contributed by atoms with Gasteiger partial charge < -0.3 is 5.73 Å². The molecule has 18 heavy (non-hydrogen) atoms. The molecule has 0 saturated carbocycles. The third kappa shape index (κ3) is 2.28. The quantitative estimate of drug-likeness (QED) is 0.687. The molecule has 0 radical (unpaired) electrons. The molecule has 7 nitrogen and oxygen atoms in total. The Morgan fingerprint density at radius 3 is 2.72 bits per heavy atom. The zero-order chi connectivity index (χ0) is 13.3. The van der Waals surface area contributed by atoms with Crippen LogP contribution in [0.3, 0.4) is 0 Å². The van der Waals surface area contributed by atoms with E-state index in [1.165, 1.54) is 23.0 Å². The number of rotatable bonds is 3. The molecule has 0 saturated heterocycles. The summed E-state index contributed by atoms with van der Waals surface area (Å²) in [5.74, 6) is 0. The van der Waals surface area contributed by atoms with Crippen LogP contribution in [-0.4, -0.2) is 19.9 Å². The van der Waals surface area contributed by atoms with Crippen molar-refractivity contribution in [2.45, 2.75) is 6.54 Å². The molecule has 1 aromatic heterocycles. The molecular formula is C9H7Cl2N5O2. The summed E-state index contributed by atoms with van der Waals surface area (Å²) in [5.41, 5.74) is 5.75. The van der Waals surface area contributed by atoms with Gasteiger partial charge in [-0.05, 0) is 6.07 Å². The van der Waals surface area contributed by atoms with E-state index in [0.717, 1.165) is 0 Å². The molecule has 0 spiro atoms. The molecule has 0 aliphatic heterocycles. The molecule has 0 atom stereocenters. The molecule has 9 heteroatoms. The fraction of sp³-hybridized carbons (Fsp3) is 0.111. The summed E-state index contributed by atoms with van der Waals surface area (Å²) >= 11 is 11.7. The van der Waals surface area contributed by atoms with Crippen LogP contribution in [-0.2, 0) is 6.54 Å². The van der Waals surface area contributed by atoms with Crippen LogP contribution in [0.15, 0.2) is 18.3 Å². The summed E-state index contributed by atoms with van der Waals surface area (Å²) in [5, 5.41) is 18.8. The maximum Gasteiger partial charge on any atom is 0.297 e. The standard InChI is InChI=1S/C9H7Cl2N5O2/c10-5-1-7(11)9(8(2-5)16(17)18)15-4-6(3-12)13-14-15/h1-2,4H,3,12H2. The van der Waals surface area contributed by atoms with E-state index < -0.39 is 4.92 Å². The van der Waals surface area contributed by atoms with Gasteiger partial charge in [0.25, 0.3) is 5.69 Å². The zero-order valence-corrected chi connectivity index (χ0v) is 10.4. The average molecular weight is 288 g/mol. The molecule has 0 amide bonds. The van der Waals surface area contributed by atoms with Crippen LogP contribution in [0, 0.1) is 10.1 Å². The molecule has 1 heterocycles. The number of hydrogen-bond donors (Lipinski definition) is 1. The monoisotopic (exact) mass is 287 g/mol. The topological polar surface area (TPSA) is 99.9 Å². The van der Waals surface area contributed by atoms with Gasteiger partial charge in [-0.3, -0.25) is 10.1 Å². The van der Waals surface area contributed by atoms with Gasteiger partial charge in [-0.1, -0.05) is 28.4 Å². The Hall–Kier alpha value is -1.70. The Morgan fingerprint density at radius 2 is 2.17 bits per heavy atom. The molecule has 2 aromatic rings. The molecule has 0 bridgehead atoms. The number of nitro benzene ring substituents is 1. The van der Waals surface area contributed by atoms with Crippen molar-refractivity contribution in [1.82, 2.24) is 15.0 Å². The van der Waals surface area contributed by atoms with Crippen LogP contribution in [0.2, 0.25) is 10.0 Å². The van der Waals surface area contributed by atoms with Gasteiger partial charge in [0.2, 0.25) is 0 Å². The number of benzene rings is 1. The zero-order valence-electron chi connectivity index (χ0n) is 8.88. The van der Waals surface area contributed by atoms with Crippen LogP contribution >= 0.6 is 23.2 Å². The summed E-state index contributed by atoms with van der Waals surface area (Å²) in [6.07, 6.45) is 1.47. The number of aromatic nitrogens is 3. The van der Waals surface area contributed by atoms with Gasteiger partial charge in [0.05, 0.1) is 21.8 Å². The smallest absolute Gasteiger partial charge is 0.297 e. The van der Waals surface area contributed by atoms with Gasteiger partial charge in [0, 0.05) is 17.6 Å². The molecular weight excluding hydrogens is 281 g/mol. The minimum Gasteiger partial charge on any atom is -0.325 e. The first-order valence-electron chi connectivity index (χ1n) is 4.78. The number of nitro groups is 1. The maximum atomic E-state index is 11.0. The molecule has 2 rings (SSSR count). The SMILES string of the molecule is NCc1cn(-c2c(Cl)cc(Cl)cc2[N+](=O)[O-])nn1. The van der Waals surface area contributed by atoms with Crippen LogP contribution in [0.4, 0.5) is 5.69 Å². The van der Waals surface area contributed by atoms with Crippen molar-refractivity contribution in [3.05, 3.63) is 44.2 Å². The van der Waals surface area contributed by atoms with Gasteiger partial charge in [-0.2, -0.15) is 0 Å². The van der Waals surface area contributed by atoms with E-state index in [1.807, 2.05) is 0 Å². The molecule has 94 valence electrons. The van der Waals surface area contributed by atoms with E-state index in [0.29, 0.717) is 5.69 Å². The second-order valence-corrected chi connectivity index (χ2v) is 4.21. The van der Waals surface area contributed by atoms with E-state index in [-0.39, 0.29) is 28.0 Å². The molecule has 1 aromatic carbocycles. The van der Waals surface area contributed by atoms with Gasteiger partial charge in [0.15, 0.2) is 5.69 Å². The molecule has 0 unspecified atom stereocenters. The van der Waals surface area contributed by atoms with Gasteiger partial charge >= 0.3 is 0 Å². The van der Waals surface area contributed by atoms with Crippen LogP contribution in [0.5, 0.6) is 0 Å². The summed E-state index contributed by atoms with van der Waals surface area (Å²) in [6, 6.07) is 2.60. The fourth-order valence-corrected chi connectivity index (χ4v) is 1.99. The van der Waals surface area contributed by atoms with E-state index in [9.17, 15) is 10.1 Å². The van der Waals surface area contributed by atoms with Crippen LogP contribution in [0.1, 0.15) is 5.69 Å². The Morgan fingerprint density at radius 1 is 1.44 bits per heavy atom. The maximum absolute atomic E-state index is 11.0. The molecule has 0 aliphatic rings. The second-order valence-electron chi connectivity index (χ2n) is 3.37. The predicted molar refractivity (Wildman–Crippen MR) is 65.9 cm³/mol. The molecule has 0 aliphatic carbocycles. The first-order chi connectivity index (χ1) is 8.52. The first kappa shape index (κ1) is 12.7. The minimum atomic E-state index is -0.586. The third-order valence-electron chi connectivity index (χ3n) is 2.18. The Balaban J connectivity index is 2.65. The van der Waals surface area contributed by atoms with Gasteiger partial charge in [-0.15, -0.1) is 5.10 Å². The number of hydrogen-bond acceptors (Lipinski definition) is 5. The predicted octanol–water partition coefficient (Wildman–Crippen LogP) is 1.94. The van der Waals surface area contributed by atoms with Crippen LogP contribution < -0.4 is 5.73 Å². The van der Waals surface area contributed by atoms with Crippen molar-refractivity contribution in [2.75, 3.05) is 0 Å². The molecule has 2 N–H and O–H groups in total. The van der Waals surface area contributed by atoms with Crippen molar-refractivity contribution >= 4 is 28.9 Å². The van der Waals surface area contributed by atoms with E-state index in [4.69, 9.17) is 28.9 Å². The minimum absolute atomic E-state index is 0.110. The van der Waals surface area contributed by atoms with E-state index >= 15 is 0 Å². The largest absolute Gasteiger partial charge is 0.325 e. The van der Waals surface area contributed by atoms with Crippen LogP contribution in [0.25, 0.3) is 5.69 Å². The highest BCUT2D eigenvalue weighted by Gasteiger charge is 2.21. The summed E-state index contributed by atoms with van der Waals surface area (Å²) in [6.45, 7) is 0.180. The van der Waals surface area contributed by atoms with Crippen molar-refractivity contribution in [3.8, 4) is 5.69 Å². The first-order valence-corrected chi connectivity index (χ1v) is 5.53. The average Bonchev–Trinajstić information content (AvgIpc) is 2.76. The highest BCUT2D eigenvalue weighted by molar-refractivity contribution is 6.36. The number of nitrogens with two attached hydrogens (primary N) is 1. The van der Waals surface area contributed by atoms with Gasteiger partial charge in [-0.25, -0.2) is 4.68 Å². The van der Waals surface area contributed by atoms with Crippen molar-refractivity contribution in [3.63, 3.8) is 0 Å². The number of halogens is 2. The lowest BCUT2D eigenvalue weighted by molar-refractivity contribution is -0.384. The molecule has 0 fully saturated rings. The summed E-state index contributed by atoms with van der Waals surface area (Å²) in [7, 11) is 0. The lowest BCUT2D eigenvalue weighted by Crippen LogP contribution is -2.02. The highest BCUT2D eigenvalue weighted by Crippen LogP contribution is 2.33. The van der Waals surface area contributed by atoms with Crippen molar-refractivity contribution in [1.29, 1.82) is 0 Å². The lowest BCUT2D eigenvalue weighted by atomic mass is 10.2. The van der Waals surface area contributed by atoms with E-state index in [2.05, 4.69) is 10.3 Å².